The Morgan fingerprint density at radius 2 is 2.17 bits per heavy atom. The predicted molar refractivity (Wildman–Crippen MR) is 71.0 cm³/mol. The van der Waals surface area contributed by atoms with Gasteiger partial charge in [-0.25, -0.2) is 9.97 Å². The van der Waals surface area contributed by atoms with Gasteiger partial charge in [0.1, 0.15) is 17.4 Å². The summed E-state index contributed by atoms with van der Waals surface area (Å²) in [6.07, 6.45) is 1.71. The molecule has 0 amide bonds. The Kier molecular flexibility index (Phi) is 3.74. The molecule has 94 valence electrons. The van der Waals surface area contributed by atoms with Gasteiger partial charge in [0.25, 0.3) is 0 Å². The molecule has 5 nitrogen and oxygen atoms in total. The lowest BCUT2D eigenvalue weighted by molar-refractivity contribution is 0.415. The van der Waals surface area contributed by atoms with E-state index in [9.17, 15) is 0 Å². The summed E-state index contributed by atoms with van der Waals surface area (Å²) in [6.45, 7) is 0.333. The summed E-state index contributed by atoms with van der Waals surface area (Å²) in [5, 5.41) is 0. The number of nitrogens with two attached hydrogens (primary N) is 1. The van der Waals surface area contributed by atoms with Gasteiger partial charge in [-0.1, -0.05) is 6.07 Å². The molecule has 2 aromatic rings. The van der Waals surface area contributed by atoms with E-state index in [0.29, 0.717) is 12.4 Å². The molecule has 1 heterocycles. The first-order chi connectivity index (χ1) is 8.74. The van der Waals surface area contributed by atoms with Gasteiger partial charge in [-0.3, -0.25) is 0 Å². The van der Waals surface area contributed by atoms with Crippen molar-refractivity contribution in [3.8, 4) is 5.75 Å². The number of hydrogen-bond donors (Lipinski definition) is 1. The molecule has 0 bridgehead atoms. The van der Waals surface area contributed by atoms with Crippen LogP contribution in [0.15, 0.2) is 36.5 Å². The number of rotatable bonds is 4. The van der Waals surface area contributed by atoms with Crippen LogP contribution < -0.4 is 15.4 Å². The van der Waals surface area contributed by atoms with Gasteiger partial charge < -0.3 is 15.4 Å². The van der Waals surface area contributed by atoms with Crippen molar-refractivity contribution in [2.24, 2.45) is 5.73 Å². The van der Waals surface area contributed by atoms with Gasteiger partial charge in [0, 0.05) is 25.0 Å². The zero-order chi connectivity index (χ0) is 13.0. The molecule has 2 N–H and O–H groups in total. The van der Waals surface area contributed by atoms with Crippen molar-refractivity contribution in [3.63, 3.8) is 0 Å². The topological polar surface area (TPSA) is 64.3 Å². The lowest BCUT2D eigenvalue weighted by atomic mass is 10.3. The lowest BCUT2D eigenvalue weighted by Gasteiger charge is -2.19. The Labute approximate surface area is 106 Å². The quantitative estimate of drug-likeness (QED) is 0.887. The fraction of sp³-hybridized carbons (Fsp3) is 0.231. The second-order valence-corrected chi connectivity index (χ2v) is 3.80. The molecule has 0 fully saturated rings. The fourth-order valence-electron chi connectivity index (χ4n) is 1.62. The van der Waals surface area contributed by atoms with Crippen LogP contribution in [0.4, 0.5) is 11.5 Å². The zero-order valence-electron chi connectivity index (χ0n) is 10.5. The summed E-state index contributed by atoms with van der Waals surface area (Å²) in [4.78, 5) is 10.4. The maximum absolute atomic E-state index is 5.54. The van der Waals surface area contributed by atoms with Gasteiger partial charge in [0.15, 0.2) is 0 Å². The molecule has 0 aliphatic carbocycles. The SMILES string of the molecule is COc1cccc(N(C)c2ccnc(CN)n2)c1. The molecule has 0 saturated carbocycles. The predicted octanol–water partition coefficient (Wildman–Crippen LogP) is 1.71. The van der Waals surface area contributed by atoms with E-state index < -0.39 is 0 Å². The second-order valence-electron chi connectivity index (χ2n) is 3.80. The summed E-state index contributed by atoms with van der Waals surface area (Å²) in [5.41, 5.74) is 6.54. The van der Waals surface area contributed by atoms with Crippen molar-refractivity contribution in [3.05, 3.63) is 42.4 Å². The molecule has 0 atom stereocenters. The van der Waals surface area contributed by atoms with Gasteiger partial charge in [-0.15, -0.1) is 0 Å². The van der Waals surface area contributed by atoms with E-state index in [0.717, 1.165) is 17.3 Å². The van der Waals surface area contributed by atoms with Gasteiger partial charge in [-0.2, -0.15) is 0 Å². The van der Waals surface area contributed by atoms with Crippen LogP contribution in [0.1, 0.15) is 5.82 Å². The van der Waals surface area contributed by atoms with E-state index in [1.54, 1.807) is 13.3 Å². The molecule has 2 rings (SSSR count). The highest BCUT2D eigenvalue weighted by molar-refractivity contribution is 5.60. The minimum atomic E-state index is 0.333. The van der Waals surface area contributed by atoms with Crippen LogP contribution in [0.2, 0.25) is 0 Å². The minimum Gasteiger partial charge on any atom is -0.497 e. The molecule has 1 aromatic heterocycles. The maximum atomic E-state index is 5.54. The van der Waals surface area contributed by atoms with Gasteiger partial charge in [0.05, 0.1) is 13.7 Å². The van der Waals surface area contributed by atoms with E-state index >= 15 is 0 Å². The molecular weight excluding hydrogens is 228 g/mol. The summed E-state index contributed by atoms with van der Waals surface area (Å²) in [7, 11) is 3.59. The smallest absolute Gasteiger partial charge is 0.144 e. The average molecular weight is 244 g/mol. The summed E-state index contributed by atoms with van der Waals surface area (Å²) >= 11 is 0. The van der Waals surface area contributed by atoms with E-state index in [-0.39, 0.29) is 0 Å². The van der Waals surface area contributed by atoms with Crippen LogP contribution in [0.25, 0.3) is 0 Å². The van der Waals surface area contributed by atoms with Crippen molar-refractivity contribution < 1.29 is 4.74 Å². The molecule has 5 heteroatoms. The van der Waals surface area contributed by atoms with E-state index in [1.165, 1.54) is 0 Å². The Bertz CT molecular complexity index is 482. The normalized spacial score (nSPS) is 10.2. The third kappa shape index (κ3) is 2.57. The second kappa shape index (κ2) is 5.46. The number of methoxy groups -OCH3 is 1. The van der Waals surface area contributed by atoms with Crippen LogP contribution in [-0.2, 0) is 6.54 Å². The van der Waals surface area contributed by atoms with Crippen LogP contribution in [0, 0.1) is 0 Å². The van der Waals surface area contributed by atoms with E-state index in [2.05, 4.69) is 9.97 Å². The number of hydrogen-bond acceptors (Lipinski definition) is 5. The number of anilines is 2. The van der Waals surface area contributed by atoms with Gasteiger partial charge in [-0.05, 0) is 18.2 Å². The first-order valence-corrected chi connectivity index (χ1v) is 5.64. The van der Waals surface area contributed by atoms with Crippen LogP contribution in [0.3, 0.4) is 0 Å². The van der Waals surface area contributed by atoms with Crippen molar-refractivity contribution >= 4 is 11.5 Å². The van der Waals surface area contributed by atoms with Crippen molar-refractivity contribution in [1.29, 1.82) is 0 Å². The molecule has 18 heavy (non-hydrogen) atoms. The molecule has 0 aliphatic heterocycles. The third-order valence-corrected chi connectivity index (χ3v) is 2.66. The van der Waals surface area contributed by atoms with E-state index in [4.69, 9.17) is 10.5 Å². The highest BCUT2D eigenvalue weighted by atomic mass is 16.5. The Balaban J connectivity index is 2.31. The fourth-order valence-corrected chi connectivity index (χ4v) is 1.62. The number of aromatic nitrogens is 2. The standard InChI is InChI=1S/C13H16N4O/c1-17(10-4-3-5-11(8-10)18-2)13-6-7-15-12(9-14)16-13/h3-8H,9,14H2,1-2H3. The Morgan fingerprint density at radius 1 is 1.33 bits per heavy atom. The molecule has 1 aromatic carbocycles. The zero-order valence-corrected chi connectivity index (χ0v) is 10.5. The number of nitrogens with zero attached hydrogens (tertiary/aromatic N) is 3. The van der Waals surface area contributed by atoms with Crippen molar-refractivity contribution in [2.45, 2.75) is 6.54 Å². The highest BCUT2D eigenvalue weighted by Crippen LogP contribution is 2.25. The Hall–Kier alpha value is -2.14. The summed E-state index contributed by atoms with van der Waals surface area (Å²) in [6, 6.07) is 9.63. The molecule has 0 spiro atoms. The lowest BCUT2D eigenvalue weighted by Crippen LogP contribution is -2.13. The molecule has 0 saturated heterocycles. The number of ether oxygens (including phenoxy) is 1. The molecular formula is C13H16N4O. The average Bonchev–Trinajstić information content (AvgIpc) is 2.46. The summed E-state index contributed by atoms with van der Waals surface area (Å²) < 4.78 is 5.21. The summed E-state index contributed by atoms with van der Waals surface area (Å²) in [5.74, 6) is 2.24. The van der Waals surface area contributed by atoms with Crippen LogP contribution in [-0.4, -0.2) is 24.1 Å². The van der Waals surface area contributed by atoms with Crippen LogP contribution in [0.5, 0.6) is 5.75 Å². The van der Waals surface area contributed by atoms with Crippen molar-refractivity contribution in [2.75, 3.05) is 19.1 Å². The Morgan fingerprint density at radius 3 is 2.89 bits per heavy atom. The minimum absolute atomic E-state index is 0.333. The maximum Gasteiger partial charge on any atom is 0.144 e. The monoisotopic (exact) mass is 244 g/mol. The molecule has 0 aliphatic rings. The molecule has 0 radical (unpaired) electrons. The molecule has 0 unspecified atom stereocenters. The van der Waals surface area contributed by atoms with E-state index in [1.807, 2.05) is 42.3 Å². The third-order valence-electron chi connectivity index (χ3n) is 2.66. The van der Waals surface area contributed by atoms with Crippen LogP contribution >= 0.6 is 0 Å². The van der Waals surface area contributed by atoms with Gasteiger partial charge in [0.2, 0.25) is 0 Å². The van der Waals surface area contributed by atoms with Crippen molar-refractivity contribution in [1.82, 2.24) is 9.97 Å². The first kappa shape index (κ1) is 12.3. The highest BCUT2D eigenvalue weighted by Gasteiger charge is 2.07. The first-order valence-electron chi connectivity index (χ1n) is 5.64. The number of benzene rings is 1. The largest absolute Gasteiger partial charge is 0.497 e. The van der Waals surface area contributed by atoms with Gasteiger partial charge >= 0.3 is 0 Å².